The summed E-state index contributed by atoms with van der Waals surface area (Å²) in [7, 11) is 0. The lowest BCUT2D eigenvalue weighted by atomic mass is 10.3. The second-order valence-electron chi connectivity index (χ2n) is 3.57. The zero-order valence-corrected chi connectivity index (χ0v) is 10.8. The first kappa shape index (κ1) is 11.3. The van der Waals surface area contributed by atoms with Crippen LogP contribution in [0, 0.1) is 13.8 Å². The maximum Gasteiger partial charge on any atom is 0.0877 e. The van der Waals surface area contributed by atoms with Crippen molar-refractivity contribution in [1.29, 1.82) is 0 Å². The van der Waals surface area contributed by atoms with Gasteiger partial charge >= 0.3 is 0 Å². The molecule has 0 radical (unpaired) electrons. The summed E-state index contributed by atoms with van der Waals surface area (Å²) in [4.78, 5) is 4.25. The van der Waals surface area contributed by atoms with Gasteiger partial charge < -0.3 is 5.73 Å². The lowest BCUT2D eigenvalue weighted by Crippen LogP contribution is -2.08. The number of pyridine rings is 1. The van der Waals surface area contributed by atoms with Gasteiger partial charge in [0.05, 0.1) is 27.2 Å². The van der Waals surface area contributed by atoms with E-state index in [0.29, 0.717) is 6.54 Å². The smallest absolute Gasteiger partial charge is 0.0877 e. The fourth-order valence-electron chi connectivity index (χ4n) is 1.64. The Balaban J connectivity index is 2.63. The van der Waals surface area contributed by atoms with Crippen LogP contribution in [0.2, 0.25) is 0 Å². The van der Waals surface area contributed by atoms with E-state index in [1.165, 1.54) is 0 Å². The molecule has 0 fully saturated rings. The van der Waals surface area contributed by atoms with Crippen molar-refractivity contribution in [2.75, 3.05) is 0 Å². The van der Waals surface area contributed by atoms with Crippen LogP contribution in [0.15, 0.2) is 22.8 Å². The number of hydrogen-bond donors (Lipinski definition) is 1. The first-order valence-corrected chi connectivity index (χ1v) is 5.80. The van der Waals surface area contributed by atoms with Gasteiger partial charge in [0.2, 0.25) is 0 Å². The van der Waals surface area contributed by atoms with Gasteiger partial charge in [0.1, 0.15) is 0 Å². The minimum Gasteiger partial charge on any atom is -0.325 e. The molecule has 0 aliphatic heterocycles. The molecule has 16 heavy (non-hydrogen) atoms. The van der Waals surface area contributed by atoms with Gasteiger partial charge in [0.25, 0.3) is 0 Å². The molecule has 0 aromatic carbocycles. The minimum atomic E-state index is 0.409. The molecule has 0 spiro atoms. The van der Waals surface area contributed by atoms with E-state index in [1.54, 1.807) is 6.20 Å². The SMILES string of the molecule is Cc1nn(-c2cccnc2CN)c(C)c1Br. The molecule has 2 aromatic rings. The molecule has 0 atom stereocenters. The van der Waals surface area contributed by atoms with Crippen molar-refractivity contribution < 1.29 is 0 Å². The highest BCUT2D eigenvalue weighted by Crippen LogP contribution is 2.23. The van der Waals surface area contributed by atoms with Gasteiger partial charge in [-0.2, -0.15) is 5.10 Å². The lowest BCUT2D eigenvalue weighted by Gasteiger charge is -2.08. The number of nitrogens with two attached hydrogens (primary N) is 1. The van der Waals surface area contributed by atoms with Crippen molar-refractivity contribution in [3.8, 4) is 5.69 Å². The molecule has 0 aliphatic carbocycles. The van der Waals surface area contributed by atoms with Crippen LogP contribution in [0.5, 0.6) is 0 Å². The first-order valence-electron chi connectivity index (χ1n) is 5.01. The van der Waals surface area contributed by atoms with E-state index in [2.05, 4.69) is 26.0 Å². The average molecular weight is 281 g/mol. The van der Waals surface area contributed by atoms with E-state index >= 15 is 0 Å². The normalized spacial score (nSPS) is 10.8. The topological polar surface area (TPSA) is 56.7 Å². The van der Waals surface area contributed by atoms with Crippen LogP contribution in [0.4, 0.5) is 0 Å². The molecule has 2 aromatic heterocycles. The second kappa shape index (κ2) is 4.35. The van der Waals surface area contributed by atoms with Gasteiger partial charge in [0, 0.05) is 12.7 Å². The Labute approximate surface area is 103 Å². The molecule has 0 bridgehead atoms. The predicted octanol–water partition coefficient (Wildman–Crippen LogP) is 2.11. The van der Waals surface area contributed by atoms with Gasteiger partial charge in [-0.1, -0.05) is 0 Å². The van der Waals surface area contributed by atoms with Gasteiger partial charge in [-0.25, -0.2) is 4.68 Å². The van der Waals surface area contributed by atoms with Crippen LogP contribution < -0.4 is 5.73 Å². The molecule has 84 valence electrons. The quantitative estimate of drug-likeness (QED) is 0.917. The molecule has 0 amide bonds. The predicted molar refractivity (Wildman–Crippen MR) is 66.4 cm³/mol. The highest BCUT2D eigenvalue weighted by Gasteiger charge is 2.12. The van der Waals surface area contributed by atoms with Gasteiger partial charge in [-0.3, -0.25) is 4.98 Å². The molecule has 2 N–H and O–H groups in total. The molecular weight excluding hydrogens is 268 g/mol. The number of hydrogen-bond acceptors (Lipinski definition) is 3. The molecule has 0 unspecified atom stereocenters. The van der Waals surface area contributed by atoms with Crippen molar-refractivity contribution in [3.05, 3.63) is 39.9 Å². The molecule has 2 heterocycles. The van der Waals surface area contributed by atoms with Crippen molar-refractivity contribution in [2.24, 2.45) is 5.73 Å². The van der Waals surface area contributed by atoms with Crippen molar-refractivity contribution in [2.45, 2.75) is 20.4 Å². The van der Waals surface area contributed by atoms with E-state index in [4.69, 9.17) is 5.73 Å². The van der Waals surface area contributed by atoms with E-state index in [-0.39, 0.29) is 0 Å². The van der Waals surface area contributed by atoms with Crippen molar-refractivity contribution >= 4 is 15.9 Å². The third-order valence-electron chi connectivity index (χ3n) is 2.49. The third-order valence-corrected chi connectivity index (χ3v) is 3.64. The molecule has 5 heteroatoms. The molecule has 0 aliphatic rings. The number of rotatable bonds is 2. The van der Waals surface area contributed by atoms with Gasteiger partial charge in [0.15, 0.2) is 0 Å². The number of nitrogens with zero attached hydrogens (tertiary/aromatic N) is 3. The Kier molecular flexibility index (Phi) is 3.07. The van der Waals surface area contributed by atoms with E-state index in [1.807, 2.05) is 30.7 Å². The Bertz CT molecular complexity index is 519. The van der Waals surface area contributed by atoms with Crippen LogP contribution in [0.3, 0.4) is 0 Å². The third kappa shape index (κ3) is 1.76. The summed E-state index contributed by atoms with van der Waals surface area (Å²) in [5.74, 6) is 0. The fraction of sp³-hybridized carbons (Fsp3) is 0.273. The van der Waals surface area contributed by atoms with Crippen LogP contribution >= 0.6 is 15.9 Å². The van der Waals surface area contributed by atoms with Gasteiger partial charge in [-0.05, 0) is 41.9 Å². The molecule has 4 nitrogen and oxygen atoms in total. The van der Waals surface area contributed by atoms with E-state index in [0.717, 1.165) is 27.2 Å². The lowest BCUT2D eigenvalue weighted by molar-refractivity contribution is 0.804. The summed E-state index contributed by atoms with van der Waals surface area (Å²) in [6, 6.07) is 3.86. The minimum absolute atomic E-state index is 0.409. The summed E-state index contributed by atoms with van der Waals surface area (Å²) < 4.78 is 2.90. The second-order valence-corrected chi connectivity index (χ2v) is 4.36. The monoisotopic (exact) mass is 280 g/mol. The Hall–Kier alpha value is -1.20. The Morgan fingerprint density at radius 3 is 2.75 bits per heavy atom. The van der Waals surface area contributed by atoms with E-state index in [9.17, 15) is 0 Å². The largest absolute Gasteiger partial charge is 0.325 e. The first-order chi connectivity index (χ1) is 7.65. The molecule has 2 rings (SSSR count). The molecular formula is C11H13BrN4. The van der Waals surface area contributed by atoms with Crippen LogP contribution in [-0.4, -0.2) is 14.8 Å². The molecule has 0 saturated heterocycles. The van der Waals surface area contributed by atoms with Crippen LogP contribution in [0.1, 0.15) is 17.1 Å². The summed E-state index contributed by atoms with van der Waals surface area (Å²) >= 11 is 3.51. The number of aryl methyl sites for hydroxylation is 1. The highest BCUT2D eigenvalue weighted by molar-refractivity contribution is 9.10. The summed E-state index contributed by atoms with van der Waals surface area (Å²) in [5, 5.41) is 4.46. The maximum absolute atomic E-state index is 5.67. The maximum atomic E-state index is 5.67. The fourth-order valence-corrected chi connectivity index (χ4v) is 1.89. The molecule has 0 saturated carbocycles. The Morgan fingerprint density at radius 1 is 1.44 bits per heavy atom. The van der Waals surface area contributed by atoms with Gasteiger partial charge in [-0.15, -0.1) is 0 Å². The summed E-state index contributed by atoms with van der Waals surface area (Å²) in [5.41, 5.74) is 9.47. The zero-order valence-electron chi connectivity index (χ0n) is 9.24. The standard InChI is InChI=1S/C11H13BrN4/c1-7-11(12)8(2)16(15-7)10-4-3-5-14-9(10)6-13/h3-5H,6,13H2,1-2H3. The number of aromatic nitrogens is 3. The van der Waals surface area contributed by atoms with Crippen LogP contribution in [-0.2, 0) is 6.54 Å². The number of halogens is 1. The highest BCUT2D eigenvalue weighted by atomic mass is 79.9. The summed E-state index contributed by atoms with van der Waals surface area (Å²) in [6.07, 6.45) is 1.74. The van der Waals surface area contributed by atoms with E-state index < -0.39 is 0 Å². The van der Waals surface area contributed by atoms with Crippen LogP contribution in [0.25, 0.3) is 5.69 Å². The average Bonchev–Trinajstić information content (AvgIpc) is 2.57. The van der Waals surface area contributed by atoms with Crippen molar-refractivity contribution in [3.63, 3.8) is 0 Å². The Morgan fingerprint density at radius 2 is 2.19 bits per heavy atom. The zero-order chi connectivity index (χ0) is 11.7. The summed E-state index contributed by atoms with van der Waals surface area (Å²) in [6.45, 7) is 4.38. The van der Waals surface area contributed by atoms with Crippen molar-refractivity contribution in [1.82, 2.24) is 14.8 Å².